The Labute approximate surface area is 125 Å². The number of ether oxygens (including phenoxy) is 1. The Balaban J connectivity index is 2.15. The molecule has 0 aliphatic carbocycles. The molecular weight excluding hydrogens is 288 g/mol. The van der Waals surface area contributed by atoms with E-state index < -0.39 is 10.0 Å². The van der Waals surface area contributed by atoms with Crippen molar-refractivity contribution in [3.63, 3.8) is 0 Å². The van der Waals surface area contributed by atoms with Gasteiger partial charge in [0.1, 0.15) is 6.61 Å². The van der Waals surface area contributed by atoms with Crippen molar-refractivity contribution < 1.29 is 13.2 Å². The average molecular weight is 306 g/mol. The van der Waals surface area contributed by atoms with Gasteiger partial charge in [-0.1, -0.05) is 43.3 Å². The minimum Gasteiger partial charge on any atom is -0.473 e. The molecule has 1 aromatic carbocycles. The summed E-state index contributed by atoms with van der Waals surface area (Å²) in [4.78, 5) is 4.08. The lowest BCUT2D eigenvalue weighted by molar-refractivity contribution is 0.291. The lowest BCUT2D eigenvalue weighted by atomic mass is 10.2. The molecule has 0 bridgehead atoms. The van der Waals surface area contributed by atoms with Crippen LogP contribution >= 0.6 is 0 Å². The highest BCUT2D eigenvalue weighted by molar-refractivity contribution is 7.89. The number of nitrogens with zero attached hydrogens (tertiary/aromatic N) is 2. The van der Waals surface area contributed by atoms with Crippen LogP contribution in [-0.2, 0) is 16.6 Å². The molecule has 0 radical (unpaired) electrons. The van der Waals surface area contributed by atoms with Crippen molar-refractivity contribution in [1.29, 1.82) is 0 Å². The molecule has 0 spiro atoms. The maximum Gasteiger partial charge on any atom is 0.260 e. The topological polar surface area (TPSA) is 59.5 Å². The molecule has 1 aromatic heterocycles. The SMILES string of the molecule is CCN(C)S(=O)(=O)c1cccc(OCc2ccccc2)n1. The molecule has 6 heteroatoms. The number of hydrogen-bond acceptors (Lipinski definition) is 4. The van der Waals surface area contributed by atoms with Crippen molar-refractivity contribution in [2.45, 2.75) is 18.6 Å². The largest absolute Gasteiger partial charge is 0.473 e. The van der Waals surface area contributed by atoms with Crippen molar-refractivity contribution in [2.75, 3.05) is 13.6 Å². The number of rotatable bonds is 6. The van der Waals surface area contributed by atoms with Gasteiger partial charge in [0.15, 0.2) is 5.03 Å². The highest BCUT2D eigenvalue weighted by Gasteiger charge is 2.21. The molecule has 0 amide bonds. The Hall–Kier alpha value is -1.92. The summed E-state index contributed by atoms with van der Waals surface area (Å²) in [6.45, 7) is 2.51. The minimum absolute atomic E-state index is 0.00240. The number of hydrogen-bond donors (Lipinski definition) is 0. The molecule has 0 aliphatic rings. The maximum absolute atomic E-state index is 12.2. The first-order valence-electron chi connectivity index (χ1n) is 6.64. The van der Waals surface area contributed by atoms with E-state index >= 15 is 0 Å². The summed E-state index contributed by atoms with van der Waals surface area (Å²) in [6.07, 6.45) is 0. The van der Waals surface area contributed by atoms with Crippen LogP contribution in [0.5, 0.6) is 5.88 Å². The average Bonchev–Trinajstić information content (AvgIpc) is 2.53. The van der Waals surface area contributed by atoms with Gasteiger partial charge in [0.2, 0.25) is 5.88 Å². The first-order valence-corrected chi connectivity index (χ1v) is 8.08. The zero-order chi connectivity index (χ0) is 15.3. The van der Waals surface area contributed by atoms with E-state index in [0.717, 1.165) is 5.56 Å². The minimum atomic E-state index is -3.55. The van der Waals surface area contributed by atoms with Gasteiger partial charge in [0, 0.05) is 19.7 Å². The second kappa shape index (κ2) is 6.69. The van der Waals surface area contributed by atoms with E-state index in [2.05, 4.69) is 4.98 Å². The first-order chi connectivity index (χ1) is 10.0. The van der Waals surface area contributed by atoms with Gasteiger partial charge in [-0.3, -0.25) is 0 Å². The summed E-state index contributed by atoms with van der Waals surface area (Å²) in [5.41, 5.74) is 0.998. The molecule has 1 heterocycles. The molecule has 112 valence electrons. The molecule has 0 saturated heterocycles. The molecule has 2 aromatic rings. The molecule has 2 rings (SSSR count). The van der Waals surface area contributed by atoms with Gasteiger partial charge >= 0.3 is 0 Å². The highest BCUT2D eigenvalue weighted by Crippen LogP contribution is 2.16. The molecule has 21 heavy (non-hydrogen) atoms. The van der Waals surface area contributed by atoms with Crippen LogP contribution in [-0.4, -0.2) is 31.3 Å². The lowest BCUT2D eigenvalue weighted by Crippen LogP contribution is -2.27. The number of pyridine rings is 1. The van der Waals surface area contributed by atoms with Gasteiger partial charge in [-0.2, -0.15) is 4.31 Å². The van der Waals surface area contributed by atoms with Crippen molar-refractivity contribution in [2.24, 2.45) is 0 Å². The van der Waals surface area contributed by atoms with E-state index in [1.165, 1.54) is 17.4 Å². The fourth-order valence-corrected chi connectivity index (χ4v) is 2.80. The third kappa shape index (κ3) is 3.80. The van der Waals surface area contributed by atoms with Crippen molar-refractivity contribution in [3.05, 3.63) is 54.1 Å². The predicted molar refractivity (Wildman–Crippen MR) is 80.5 cm³/mol. The quantitative estimate of drug-likeness (QED) is 0.821. The Morgan fingerprint density at radius 2 is 1.81 bits per heavy atom. The third-order valence-electron chi connectivity index (χ3n) is 3.05. The summed E-state index contributed by atoms with van der Waals surface area (Å²) >= 11 is 0. The summed E-state index contributed by atoms with van der Waals surface area (Å²) in [6, 6.07) is 14.4. The Kier molecular flexibility index (Phi) is 4.93. The van der Waals surface area contributed by atoms with E-state index in [0.29, 0.717) is 19.0 Å². The second-order valence-corrected chi connectivity index (χ2v) is 6.50. The van der Waals surface area contributed by atoms with Crippen LogP contribution in [0.25, 0.3) is 0 Å². The van der Waals surface area contributed by atoms with Crippen LogP contribution in [0.3, 0.4) is 0 Å². The summed E-state index contributed by atoms with van der Waals surface area (Å²) in [5.74, 6) is 0.296. The molecule has 0 aliphatic heterocycles. The van der Waals surface area contributed by atoms with Gasteiger partial charge in [0.25, 0.3) is 10.0 Å². The predicted octanol–water partition coefficient (Wildman–Crippen LogP) is 2.30. The molecule has 0 unspecified atom stereocenters. The fourth-order valence-electron chi connectivity index (χ4n) is 1.68. The van der Waals surface area contributed by atoms with Crippen LogP contribution < -0.4 is 4.74 Å². The Morgan fingerprint density at radius 3 is 2.48 bits per heavy atom. The van der Waals surface area contributed by atoms with E-state index in [-0.39, 0.29) is 5.03 Å². The monoisotopic (exact) mass is 306 g/mol. The Morgan fingerprint density at radius 1 is 1.10 bits per heavy atom. The van der Waals surface area contributed by atoms with Crippen molar-refractivity contribution >= 4 is 10.0 Å². The van der Waals surface area contributed by atoms with E-state index in [1.54, 1.807) is 19.1 Å². The molecule has 0 atom stereocenters. The zero-order valence-corrected chi connectivity index (χ0v) is 12.9. The van der Waals surface area contributed by atoms with Crippen LogP contribution in [0.15, 0.2) is 53.6 Å². The lowest BCUT2D eigenvalue weighted by Gasteiger charge is -2.14. The first kappa shape index (κ1) is 15.5. The fraction of sp³-hybridized carbons (Fsp3) is 0.267. The molecular formula is C15H18N2O3S. The van der Waals surface area contributed by atoms with Gasteiger partial charge in [0.05, 0.1) is 0 Å². The summed E-state index contributed by atoms with van der Waals surface area (Å²) < 4.78 is 31.2. The van der Waals surface area contributed by atoms with E-state index in [9.17, 15) is 8.42 Å². The molecule has 0 saturated carbocycles. The van der Waals surface area contributed by atoms with Crippen LogP contribution in [0.4, 0.5) is 0 Å². The zero-order valence-electron chi connectivity index (χ0n) is 12.1. The normalized spacial score (nSPS) is 11.6. The summed E-state index contributed by atoms with van der Waals surface area (Å²) in [7, 11) is -2.03. The second-order valence-electron chi connectivity index (χ2n) is 4.51. The molecule has 5 nitrogen and oxygen atoms in total. The van der Waals surface area contributed by atoms with E-state index in [4.69, 9.17) is 4.74 Å². The molecule has 0 N–H and O–H groups in total. The van der Waals surface area contributed by atoms with Crippen LogP contribution in [0, 0.1) is 0 Å². The Bertz CT molecular complexity index is 687. The van der Waals surface area contributed by atoms with Gasteiger partial charge in [-0.15, -0.1) is 0 Å². The highest BCUT2D eigenvalue weighted by atomic mass is 32.2. The van der Waals surface area contributed by atoms with Crippen LogP contribution in [0.1, 0.15) is 12.5 Å². The number of sulfonamides is 1. The standard InChI is InChI=1S/C15H18N2O3S/c1-3-17(2)21(18,19)15-11-7-10-14(16-15)20-12-13-8-5-4-6-9-13/h4-11H,3,12H2,1-2H3. The number of benzene rings is 1. The molecule has 0 fully saturated rings. The van der Waals surface area contributed by atoms with E-state index in [1.807, 2.05) is 30.3 Å². The third-order valence-corrected chi connectivity index (χ3v) is 4.88. The van der Waals surface area contributed by atoms with Gasteiger partial charge in [-0.05, 0) is 11.6 Å². The van der Waals surface area contributed by atoms with Gasteiger partial charge in [-0.25, -0.2) is 13.4 Å². The smallest absolute Gasteiger partial charge is 0.260 e. The summed E-state index contributed by atoms with van der Waals surface area (Å²) in [5, 5.41) is -0.00240. The maximum atomic E-state index is 12.2. The number of aromatic nitrogens is 1. The van der Waals surface area contributed by atoms with Crippen molar-refractivity contribution in [3.8, 4) is 5.88 Å². The van der Waals surface area contributed by atoms with Crippen molar-refractivity contribution in [1.82, 2.24) is 9.29 Å². The van der Waals surface area contributed by atoms with Crippen LogP contribution in [0.2, 0.25) is 0 Å². The van der Waals surface area contributed by atoms with Gasteiger partial charge < -0.3 is 4.74 Å².